The van der Waals surface area contributed by atoms with Gasteiger partial charge in [-0.2, -0.15) is 0 Å². The SMILES string of the molecule is Cc1cccn(C(C)C(=O)OC(C)C)c1=O. The summed E-state index contributed by atoms with van der Waals surface area (Å²) >= 11 is 0. The summed E-state index contributed by atoms with van der Waals surface area (Å²) in [7, 11) is 0. The molecule has 1 aromatic heterocycles. The highest BCUT2D eigenvalue weighted by Crippen LogP contribution is 2.07. The van der Waals surface area contributed by atoms with Gasteiger partial charge in [-0.3, -0.25) is 4.79 Å². The van der Waals surface area contributed by atoms with Crippen LogP contribution in [0.5, 0.6) is 0 Å². The summed E-state index contributed by atoms with van der Waals surface area (Å²) in [5, 5.41) is 0. The number of esters is 1. The van der Waals surface area contributed by atoms with Crippen molar-refractivity contribution in [1.82, 2.24) is 4.57 Å². The lowest BCUT2D eigenvalue weighted by Gasteiger charge is -2.16. The van der Waals surface area contributed by atoms with E-state index in [0.29, 0.717) is 5.56 Å². The number of aryl methyl sites for hydroxylation is 1. The molecule has 0 aliphatic heterocycles. The number of hydrogen-bond acceptors (Lipinski definition) is 3. The molecule has 88 valence electrons. The third-order valence-electron chi connectivity index (χ3n) is 2.27. The molecule has 1 rings (SSSR count). The highest BCUT2D eigenvalue weighted by Gasteiger charge is 2.18. The number of hydrogen-bond donors (Lipinski definition) is 0. The smallest absolute Gasteiger partial charge is 0.329 e. The fourth-order valence-electron chi connectivity index (χ4n) is 1.37. The van der Waals surface area contributed by atoms with Crippen LogP contribution in [0.25, 0.3) is 0 Å². The third-order valence-corrected chi connectivity index (χ3v) is 2.27. The van der Waals surface area contributed by atoms with E-state index in [9.17, 15) is 9.59 Å². The van der Waals surface area contributed by atoms with Gasteiger partial charge in [0.25, 0.3) is 5.56 Å². The Morgan fingerprint density at radius 2 is 2.00 bits per heavy atom. The van der Waals surface area contributed by atoms with Gasteiger partial charge < -0.3 is 9.30 Å². The minimum atomic E-state index is -0.588. The van der Waals surface area contributed by atoms with Crippen LogP contribution in [0.3, 0.4) is 0 Å². The van der Waals surface area contributed by atoms with Crippen LogP contribution < -0.4 is 5.56 Å². The van der Waals surface area contributed by atoms with Crippen LogP contribution in [0.1, 0.15) is 32.4 Å². The summed E-state index contributed by atoms with van der Waals surface area (Å²) < 4.78 is 6.45. The van der Waals surface area contributed by atoms with E-state index in [1.54, 1.807) is 46.0 Å². The summed E-state index contributed by atoms with van der Waals surface area (Å²) in [6.45, 7) is 6.94. The minimum absolute atomic E-state index is 0.157. The Hall–Kier alpha value is -1.58. The van der Waals surface area contributed by atoms with Gasteiger partial charge >= 0.3 is 5.97 Å². The zero-order valence-electron chi connectivity index (χ0n) is 10.1. The standard InChI is InChI=1S/C12H17NO3/c1-8(2)16-12(15)10(4)13-7-5-6-9(3)11(13)14/h5-8,10H,1-4H3. The topological polar surface area (TPSA) is 48.3 Å². The molecule has 1 unspecified atom stereocenters. The van der Waals surface area contributed by atoms with E-state index < -0.39 is 6.04 Å². The van der Waals surface area contributed by atoms with Crippen molar-refractivity contribution in [1.29, 1.82) is 0 Å². The van der Waals surface area contributed by atoms with Gasteiger partial charge in [0.05, 0.1) is 6.10 Å². The molecule has 0 spiro atoms. The molecule has 4 heteroatoms. The van der Waals surface area contributed by atoms with Crippen LogP contribution in [0.4, 0.5) is 0 Å². The van der Waals surface area contributed by atoms with E-state index >= 15 is 0 Å². The molecule has 0 bridgehead atoms. The zero-order chi connectivity index (χ0) is 12.3. The average molecular weight is 223 g/mol. The second-order valence-corrected chi connectivity index (χ2v) is 4.07. The molecule has 0 saturated heterocycles. The van der Waals surface area contributed by atoms with Crippen molar-refractivity contribution < 1.29 is 9.53 Å². The second kappa shape index (κ2) is 4.96. The van der Waals surface area contributed by atoms with E-state index in [-0.39, 0.29) is 17.6 Å². The average Bonchev–Trinajstić information content (AvgIpc) is 2.20. The Morgan fingerprint density at radius 3 is 2.56 bits per heavy atom. The molecule has 0 fully saturated rings. The lowest BCUT2D eigenvalue weighted by atomic mass is 10.2. The maximum Gasteiger partial charge on any atom is 0.329 e. The van der Waals surface area contributed by atoms with E-state index in [4.69, 9.17) is 4.74 Å². The largest absolute Gasteiger partial charge is 0.461 e. The Bertz CT molecular complexity index is 434. The van der Waals surface area contributed by atoms with Crippen molar-refractivity contribution in [2.45, 2.75) is 39.8 Å². The summed E-state index contributed by atoms with van der Waals surface area (Å²) in [4.78, 5) is 23.4. The Balaban J connectivity index is 2.97. The molecule has 0 aliphatic carbocycles. The van der Waals surface area contributed by atoms with Crippen LogP contribution in [-0.2, 0) is 9.53 Å². The highest BCUT2D eigenvalue weighted by atomic mass is 16.5. The lowest BCUT2D eigenvalue weighted by Crippen LogP contribution is -2.30. The molecule has 0 amide bonds. The fraction of sp³-hybridized carbons (Fsp3) is 0.500. The van der Waals surface area contributed by atoms with Crippen LogP contribution in [0, 0.1) is 6.92 Å². The van der Waals surface area contributed by atoms with Crippen molar-refractivity contribution in [2.24, 2.45) is 0 Å². The first-order valence-corrected chi connectivity index (χ1v) is 5.31. The van der Waals surface area contributed by atoms with E-state index in [1.807, 2.05) is 0 Å². The molecule has 4 nitrogen and oxygen atoms in total. The Labute approximate surface area is 94.9 Å². The van der Waals surface area contributed by atoms with Crippen LogP contribution in [-0.4, -0.2) is 16.6 Å². The lowest BCUT2D eigenvalue weighted by molar-refractivity contribution is -0.151. The molecule has 0 radical (unpaired) electrons. The van der Waals surface area contributed by atoms with Crippen LogP contribution in [0.15, 0.2) is 23.1 Å². The summed E-state index contributed by atoms with van der Waals surface area (Å²) in [6, 6.07) is 2.88. The predicted octanol–water partition coefficient (Wildman–Crippen LogP) is 1.67. The van der Waals surface area contributed by atoms with Crippen molar-refractivity contribution in [3.63, 3.8) is 0 Å². The number of aromatic nitrogens is 1. The van der Waals surface area contributed by atoms with Gasteiger partial charge in [-0.1, -0.05) is 6.07 Å². The molecule has 0 aliphatic rings. The molecule has 1 atom stereocenters. The van der Waals surface area contributed by atoms with Gasteiger partial charge in [-0.25, -0.2) is 4.79 Å². The van der Waals surface area contributed by atoms with E-state index in [2.05, 4.69) is 0 Å². The minimum Gasteiger partial charge on any atom is -0.461 e. The third kappa shape index (κ3) is 2.72. The Morgan fingerprint density at radius 1 is 1.38 bits per heavy atom. The van der Waals surface area contributed by atoms with E-state index in [1.165, 1.54) is 4.57 Å². The first-order valence-electron chi connectivity index (χ1n) is 5.31. The van der Waals surface area contributed by atoms with Crippen LogP contribution in [0.2, 0.25) is 0 Å². The maximum absolute atomic E-state index is 11.8. The second-order valence-electron chi connectivity index (χ2n) is 4.07. The van der Waals surface area contributed by atoms with E-state index in [0.717, 1.165) is 0 Å². The molecule has 0 saturated carbocycles. The number of carbonyl (C=O) groups is 1. The van der Waals surface area contributed by atoms with Gasteiger partial charge in [0.2, 0.25) is 0 Å². The molecule has 16 heavy (non-hydrogen) atoms. The number of ether oxygens (including phenoxy) is 1. The van der Waals surface area contributed by atoms with Crippen LogP contribution >= 0.6 is 0 Å². The molecular formula is C12H17NO3. The van der Waals surface area contributed by atoms with Gasteiger partial charge in [-0.15, -0.1) is 0 Å². The summed E-state index contributed by atoms with van der Waals surface area (Å²) in [5.74, 6) is -0.386. The number of rotatable bonds is 3. The van der Waals surface area contributed by atoms with Gasteiger partial charge in [0.1, 0.15) is 6.04 Å². The highest BCUT2D eigenvalue weighted by molar-refractivity contribution is 5.73. The fourth-order valence-corrected chi connectivity index (χ4v) is 1.37. The number of pyridine rings is 1. The van der Waals surface area contributed by atoms with Crippen molar-refractivity contribution in [3.05, 3.63) is 34.2 Å². The molecule has 1 heterocycles. The zero-order valence-corrected chi connectivity index (χ0v) is 10.1. The first-order chi connectivity index (χ1) is 7.43. The monoisotopic (exact) mass is 223 g/mol. The number of nitrogens with zero attached hydrogens (tertiary/aromatic N) is 1. The van der Waals surface area contributed by atoms with Gasteiger partial charge in [0, 0.05) is 11.8 Å². The number of carbonyl (C=O) groups excluding carboxylic acids is 1. The van der Waals surface area contributed by atoms with Gasteiger partial charge in [0.15, 0.2) is 0 Å². The predicted molar refractivity (Wildman–Crippen MR) is 61.4 cm³/mol. The molecule has 0 aromatic carbocycles. The van der Waals surface area contributed by atoms with Crippen molar-refractivity contribution in [2.75, 3.05) is 0 Å². The maximum atomic E-state index is 11.8. The quantitative estimate of drug-likeness (QED) is 0.732. The first kappa shape index (κ1) is 12.5. The van der Waals surface area contributed by atoms with Gasteiger partial charge in [-0.05, 0) is 33.8 Å². The normalized spacial score (nSPS) is 12.6. The molecule has 0 N–H and O–H groups in total. The summed E-state index contributed by atoms with van der Waals surface area (Å²) in [5.41, 5.74) is 0.461. The molecular weight excluding hydrogens is 206 g/mol. The molecule has 1 aromatic rings. The van der Waals surface area contributed by atoms with Crippen molar-refractivity contribution in [3.8, 4) is 0 Å². The summed E-state index contributed by atoms with van der Waals surface area (Å²) in [6.07, 6.45) is 1.43. The Kier molecular flexibility index (Phi) is 3.88. The van der Waals surface area contributed by atoms with Crippen molar-refractivity contribution >= 4 is 5.97 Å².